The van der Waals surface area contributed by atoms with Crippen LogP contribution in [0.15, 0.2) is 18.2 Å². The highest BCUT2D eigenvalue weighted by Gasteiger charge is 2.04. The number of alkyl halides is 1. The Hall–Kier alpha value is -0.630. The predicted molar refractivity (Wildman–Crippen MR) is 67.7 cm³/mol. The topological polar surface area (TPSA) is 17.1 Å². The maximum Gasteiger partial charge on any atom is 0.147 e. The monoisotopic (exact) mass is 268 g/mol. The van der Waals surface area contributed by atoms with Gasteiger partial charge in [0.2, 0.25) is 0 Å². The van der Waals surface area contributed by atoms with Crippen molar-refractivity contribution in [1.82, 2.24) is 0 Å². The first-order valence-corrected chi connectivity index (χ1v) is 6.51. The van der Waals surface area contributed by atoms with E-state index in [2.05, 4.69) is 48.0 Å². The minimum absolute atomic E-state index is 0.237. The number of aryl methyl sites for hydroxylation is 2. The molecular formula is C13H17BrO. The van der Waals surface area contributed by atoms with Gasteiger partial charge < -0.3 is 0 Å². The van der Waals surface area contributed by atoms with Gasteiger partial charge in [0.25, 0.3) is 0 Å². The molecule has 0 radical (unpaired) electrons. The van der Waals surface area contributed by atoms with Gasteiger partial charge in [-0.3, -0.25) is 4.79 Å². The van der Waals surface area contributed by atoms with Crippen molar-refractivity contribution in [2.24, 2.45) is 0 Å². The van der Waals surface area contributed by atoms with Crippen molar-refractivity contribution in [2.45, 2.75) is 33.1 Å². The van der Waals surface area contributed by atoms with Gasteiger partial charge in [-0.05, 0) is 29.5 Å². The predicted octanol–water partition coefficient (Wildman–Crippen LogP) is 3.32. The standard InChI is InChI=1S/C13H17BrO/c1-3-11-6-5-10(7-12(11)4-2)8-13(15)9-14/h5-7H,3-4,8-9H2,1-2H3. The normalized spacial score (nSPS) is 10.3. The first-order chi connectivity index (χ1) is 7.21. The average Bonchev–Trinajstić information content (AvgIpc) is 2.28. The number of hydrogen-bond acceptors (Lipinski definition) is 1. The van der Waals surface area contributed by atoms with Gasteiger partial charge in [-0.1, -0.05) is 48.0 Å². The first-order valence-electron chi connectivity index (χ1n) is 5.39. The van der Waals surface area contributed by atoms with Crippen molar-refractivity contribution >= 4 is 21.7 Å². The molecule has 0 atom stereocenters. The van der Waals surface area contributed by atoms with Gasteiger partial charge >= 0.3 is 0 Å². The number of Topliss-reactive ketones (excluding diaryl/α,β-unsaturated/α-hetero) is 1. The maximum absolute atomic E-state index is 11.3. The molecule has 0 spiro atoms. The largest absolute Gasteiger partial charge is 0.298 e. The van der Waals surface area contributed by atoms with Gasteiger partial charge in [0.1, 0.15) is 5.78 Å². The Bertz CT molecular complexity index is 344. The summed E-state index contributed by atoms with van der Waals surface area (Å²) in [5.74, 6) is 0.237. The van der Waals surface area contributed by atoms with E-state index in [9.17, 15) is 4.79 Å². The fourth-order valence-electron chi connectivity index (χ4n) is 1.74. The van der Waals surface area contributed by atoms with E-state index in [1.165, 1.54) is 11.1 Å². The van der Waals surface area contributed by atoms with Crippen LogP contribution in [0.5, 0.6) is 0 Å². The van der Waals surface area contributed by atoms with E-state index in [-0.39, 0.29) is 5.78 Å². The lowest BCUT2D eigenvalue weighted by molar-refractivity contribution is -0.115. The Labute approximate surface area is 100 Å². The van der Waals surface area contributed by atoms with E-state index in [1.807, 2.05) is 0 Å². The number of halogens is 1. The molecule has 1 rings (SSSR count). The third kappa shape index (κ3) is 3.45. The number of carbonyl (C=O) groups is 1. The number of rotatable bonds is 5. The molecule has 0 bridgehead atoms. The Morgan fingerprint density at radius 3 is 2.40 bits per heavy atom. The Morgan fingerprint density at radius 1 is 1.20 bits per heavy atom. The van der Waals surface area contributed by atoms with Crippen LogP contribution in [0.4, 0.5) is 0 Å². The molecule has 0 unspecified atom stereocenters. The fourth-order valence-corrected chi connectivity index (χ4v) is 1.94. The molecule has 82 valence electrons. The Morgan fingerprint density at radius 2 is 1.87 bits per heavy atom. The van der Waals surface area contributed by atoms with Gasteiger partial charge in [-0.15, -0.1) is 0 Å². The number of benzene rings is 1. The third-order valence-electron chi connectivity index (χ3n) is 2.58. The summed E-state index contributed by atoms with van der Waals surface area (Å²) in [7, 11) is 0. The van der Waals surface area contributed by atoms with Crippen molar-refractivity contribution in [3.05, 3.63) is 34.9 Å². The second-order valence-electron chi connectivity index (χ2n) is 3.66. The second-order valence-corrected chi connectivity index (χ2v) is 4.22. The molecule has 1 aromatic carbocycles. The molecule has 0 amide bonds. The lowest BCUT2D eigenvalue weighted by Gasteiger charge is -2.08. The van der Waals surface area contributed by atoms with Gasteiger partial charge in [-0.2, -0.15) is 0 Å². The minimum Gasteiger partial charge on any atom is -0.298 e. The molecule has 15 heavy (non-hydrogen) atoms. The van der Waals surface area contributed by atoms with E-state index < -0.39 is 0 Å². The molecule has 0 aliphatic carbocycles. The third-order valence-corrected chi connectivity index (χ3v) is 3.21. The smallest absolute Gasteiger partial charge is 0.147 e. The lowest BCUT2D eigenvalue weighted by Crippen LogP contribution is -2.04. The lowest BCUT2D eigenvalue weighted by atomic mass is 9.98. The fraction of sp³-hybridized carbons (Fsp3) is 0.462. The van der Waals surface area contributed by atoms with E-state index in [1.54, 1.807) is 0 Å². The molecule has 0 aliphatic rings. The van der Waals surface area contributed by atoms with Crippen LogP contribution in [0.2, 0.25) is 0 Å². The maximum atomic E-state index is 11.3. The summed E-state index contributed by atoms with van der Waals surface area (Å²) in [4.78, 5) is 11.3. The van der Waals surface area contributed by atoms with Gasteiger partial charge in [0.05, 0.1) is 5.33 Å². The number of carbonyl (C=O) groups excluding carboxylic acids is 1. The van der Waals surface area contributed by atoms with Crippen LogP contribution in [-0.4, -0.2) is 11.1 Å². The van der Waals surface area contributed by atoms with E-state index in [0.717, 1.165) is 18.4 Å². The molecule has 0 N–H and O–H groups in total. The molecule has 2 heteroatoms. The summed E-state index contributed by atoms with van der Waals surface area (Å²) < 4.78 is 0. The zero-order valence-corrected chi connectivity index (χ0v) is 10.9. The Balaban J connectivity index is 2.88. The molecule has 0 aromatic heterocycles. The molecule has 1 aromatic rings. The van der Waals surface area contributed by atoms with Crippen molar-refractivity contribution in [3.63, 3.8) is 0 Å². The molecule has 0 saturated carbocycles. The molecule has 0 heterocycles. The van der Waals surface area contributed by atoms with Crippen LogP contribution in [0.1, 0.15) is 30.5 Å². The molecule has 1 nitrogen and oxygen atoms in total. The summed E-state index contributed by atoms with van der Waals surface area (Å²) in [6.45, 7) is 4.32. The zero-order valence-electron chi connectivity index (χ0n) is 9.35. The van der Waals surface area contributed by atoms with Crippen molar-refractivity contribution in [1.29, 1.82) is 0 Å². The summed E-state index contributed by atoms with van der Waals surface area (Å²) in [5.41, 5.74) is 3.90. The first kappa shape index (κ1) is 12.4. The van der Waals surface area contributed by atoms with Crippen LogP contribution in [0.25, 0.3) is 0 Å². The van der Waals surface area contributed by atoms with Crippen LogP contribution in [0.3, 0.4) is 0 Å². The van der Waals surface area contributed by atoms with Crippen molar-refractivity contribution in [3.8, 4) is 0 Å². The SMILES string of the molecule is CCc1ccc(CC(=O)CBr)cc1CC. The summed E-state index contributed by atoms with van der Waals surface area (Å²) in [5, 5.41) is 0.448. The van der Waals surface area contributed by atoms with Gasteiger partial charge in [0, 0.05) is 6.42 Å². The highest BCUT2D eigenvalue weighted by Crippen LogP contribution is 2.14. The summed E-state index contributed by atoms with van der Waals surface area (Å²) in [6.07, 6.45) is 2.65. The Kier molecular flexibility index (Phi) is 5.03. The molecule has 0 fully saturated rings. The number of hydrogen-bond donors (Lipinski definition) is 0. The van der Waals surface area contributed by atoms with Gasteiger partial charge in [-0.25, -0.2) is 0 Å². The quantitative estimate of drug-likeness (QED) is 0.749. The summed E-state index contributed by atoms with van der Waals surface area (Å²) >= 11 is 3.19. The van der Waals surface area contributed by atoms with Crippen molar-refractivity contribution < 1.29 is 4.79 Å². The van der Waals surface area contributed by atoms with Crippen molar-refractivity contribution in [2.75, 3.05) is 5.33 Å². The summed E-state index contributed by atoms with van der Waals surface area (Å²) in [6, 6.07) is 6.38. The minimum atomic E-state index is 0.237. The second kappa shape index (κ2) is 6.06. The van der Waals surface area contributed by atoms with Crippen LogP contribution >= 0.6 is 15.9 Å². The van der Waals surface area contributed by atoms with E-state index in [4.69, 9.17) is 0 Å². The van der Waals surface area contributed by atoms with E-state index in [0.29, 0.717) is 11.8 Å². The van der Waals surface area contributed by atoms with Crippen LogP contribution < -0.4 is 0 Å². The average molecular weight is 269 g/mol. The molecule has 0 aliphatic heterocycles. The highest BCUT2D eigenvalue weighted by atomic mass is 79.9. The van der Waals surface area contributed by atoms with E-state index >= 15 is 0 Å². The zero-order chi connectivity index (χ0) is 11.3. The van der Waals surface area contributed by atoms with Crippen LogP contribution in [0, 0.1) is 0 Å². The van der Waals surface area contributed by atoms with Gasteiger partial charge in [0.15, 0.2) is 0 Å². The van der Waals surface area contributed by atoms with Crippen LogP contribution in [-0.2, 0) is 24.1 Å². The molecular weight excluding hydrogens is 252 g/mol. The molecule has 0 saturated heterocycles. The highest BCUT2D eigenvalue weighted by molar-refractivity contribution is 9.09. The number of ketones is 1.